The van der Waals surface area contributed by atoms with Crippen LogP contribution >= 0.6 is 11.3 Å². The normalized spacial score (nSPS) is 15.1. The zero-order chi connectivity index (χ0) is 17.8. The average Bonchev–Trinajstić information content (AvgIpc) is 3.33. The SMILES string of the molecule is O=C(Cc1csc(C2CCNCC2)n1)Nc1cn(-c2ccccc2)nn1. The standard InChI is InChI=1S/C18H20N6OS/c25-17(10-14-12-26-18(20-14)13-6-8-19-9-7-13)21-16-11-24(23-22-16)15-4-2-1-3-5-15/h1-5,11-13,19H,6-10H2,(H,21,25). The highest BCUT2D eigenvalue weighted by Gasteiger charge is 2.19. The van der Waals surface area contributed by atoms with Gasteiger partial charge in [0, 0.05) is 11.3 Å². The lowest BCUT2D eigenvalue weighted by atomic mass is 9.99. The van der Waals surface area contributed by atoms with Crippen molar-refractivity contribution >= 4 is 23.1 Å². The number of anilines is 1. The summed E-state index contributed by atoms with van der Waals surface area (Å²) in [5.74, 6) is 0.823. The van der Waals surface area contributed by atoms with E-state index in [0.29, 0.717) is 11.7 Å². The van der Waals surface area contributed by atoms with Gasteiger partial charge in [-0.2, -0.15) is 0 Å². The summed E-state index contributed by atoms with van der Waals surface area (Å²) in [6, 6.07) is 9.65. The van der Waals surface area contributed by atoms with Crippen LogP contribution in [0.1, 0.15) is 29.5 Å². The van der Waals surface area contributed by atoms with Crippen molar-refractivity contribution in [2.45, 2.75) is 25.2 Å². The van der Waals surface area contributed by atoms with Crippen LogP contribution < -0.4 is 10.6 Å². The fraction of sp³-hybridized carbons (Fsp3) is 0.333. The first kappa shape index (κ1) is 16.9. The fourth-order valence-electron chi connectivity index (χ4n) is 3.04. The van der Waals surface area contributed by atoms with E-state index in [1.54, 1.807) is 22.2 Å². The van der Waals surface area contributed by atoms with Gasteiger partial charge >= 0.3 is 0 Å². The van der Waals surface area contributed by atoms with Crippen LogP contribution in [0.3, 0.4) is 0 Å². The first-order chi connectivity index (χ1) is 12.8. The number of thiazole rings is 1. The molecule has 0 saturated carbocycles. The van der Waals surface area contributed by atoms with Crippen LogP contribution in [0.5, 0.6) is 0 Å². The quantitative estimate of drug-likeness (QED) is 0.722. The lowest BCUT2D eigenvalue weighted by Gasteiger charge is -2.20. The van der Waals surface area contributed by atoms with Gasteiger partial charge in [0.1, 0.15) is 0 Å². The second-order valence-electron chi connectivity index (χ2n) is 6.31. The van der Waals surface area contributed by atoms with Gasteiger partial charge in [0.2, 0.25) is 5.91 Å². The van der Waals surface area contributed by atoms with Crippen molar-refractivity contribution in [3.05, 3.63) is 52.6 Å². The molecule has 1 amide bonds. The molecular weight excluding hydrogens is 348 g/mol. The van der Waals surface area contributed by atoms with Crippen LogP contribution in [0.4, 0.5) is 5.82 Å². The summed E-state index contributed by atoms with van der Waals surface area (Å²) in [6.07, 6.45) is 4.18. The topological polar surface area (TPSA) is 84.7 Å². The third kappa shape index (κ3) is 3.97. The number of nitrogens with one attached hydrogen (secondary N) is 2. The van der Waals surface area contributed by atoms with Crippen LogP contribution in [0, 0.1) is 0 Å². The molecule has 2 aromatic heterocycles. The summed E-state index contributed by atoms with van der Waals surface area (Å²) in [7, 11) is 0. The monoisotopic (exact) mass is 368 g/mol. The molecule has 0 bridgehead atoms. The highest BCUT2D eigenvalue weighted by Crippen LogP contribution is 2.28. The Morgan fingerprint density at radius 3 is 2.88 bits per heavy atom. The molecule has 1 aliphatic rings. The van der Waals surface area contributed by atoms with E-state index in [0.717, 1.165) is 42.3 Å². The number of carbonyl (C=O) groups is 1. The number of aromatic nitrogens is 4. The van der Waals surface area contributed by atoms with Crippen molar-refractivity contribution in [2.75, 3.05) is 18.4 Å². The van der Waals surface area contributed by atoms with Crippen molar-refractivity contribution in [3.63, 3.8) is 0 Å². The van der Waals surface area contributed by atoms with Crippen molar-refractivity contribution < 1.29 is 4.79 Å². The molecule has 1 aliphatic heterocycles. The summed E-state index contributed by atoms with van der Waals surface area (Å²) in [4.78, 5) is 16.9. The van der Waals surface area contributed by atoms with E-state index in [1.807, 2.05) is 35.7 Å². The Labute approximate surface area is 155 Å². The molecule has 3 heterocycles. The molecule has 134 valence electrons. The Morgan fingerprint density at radius 2 is 2.08 bits per heavy atom. The smallest absolute Gasteiger partial charge is 0.231 e. The Bertz CT molecular complexity index is 869. The number of para-hydroxylation sites is 1. The van der Waals surface area contributed by atoms with E-state index in [9.17, 15) is 4.79 Å². The van der Waals surface area contributed by atoms with E-state index in [2.05, 4.69) is 25.9 Å². The summed E-state index contributed by atoms with van der Waals surface area (Å²) in [5.41, 5.74) is 1.71. The van der Waals surface area contributed by atoms with E-state index >= 15 is 0 Å². The predicted octanol–water partition coefficient (Wildman–Crippen LogP) is 2.37. The molecule has 7 nitrogen and oxygen atoms in total. The number of carbonyl (C=O) groups excluding carboxylic acids is 1. The van der Waals surface area contributed by atoms with Gasteiger partial charge in [0.15, 0.2) is 5.82 Å². The van der Waals surface area contributed by atoms with E-state index in [1.165, 1.54) is 0 Å². The van der Waals surface area contributed by atoms with Gasteiger partial charge in [-0.05, 0) is 38.1 Å². The zero-order valence-corrected chi connectivity index (χ0v) is 15.1. The highest BCUT2D eigenvalue weighted by atomic mass is 32.1. The average molecular weight is 368 g/mol. The highest BCUT2D eigenvalue weighted by molar-refractivity contribution is 7.09. The third-order valence-electron chi connectivity index (χ3n) is 4.38. The Morgan fingerprint density at radius 1 is 1.27 bits per heavy atom. The summed E-state index contributed by atoms with van der Waals surface area (Å²) < 4.78 is 1.63. The maximum absolute atomic E-state index is 12.3. The van der Waals surface area contributed by atoms with Crippen molar-refractivity contribution in [3.8, 4) is 5.69 Å². The van der Waals surface area contributed by atoms with E-state index in [-0.39, 0.29) is 12.3 Å². The molecule has 8 heteroatoms. The second-order valence-corrected chi connectivity index (χ2v) is 7.20. The van der Waals surface area contributed by atoms with Crippen LogP contribution in [-0.4, -0.2) is 39.0 Å². The third-order valence-corrected chi connectivity index (χ3v) is 5.44. The van der Waals surface area contributed by atoms with Gasteiger partial charge in [-0.15, -0.1) is 16.4 Å². The molecule has 1 fully saturated rings. The van der Waals surface area contributed by atoms with E-state index < -0.39 is 0 Å². The molecule has 26 heavy (non-hydrogen) atoms. The number of hydrogen-bond donors (Lipinski definition) is 2. The fourth-order valence-corrected chi connectivity index (χ4v) is 4.03. The van der Waals surface area contributed by atoms with Crippen molar-refractivity contribution in [2.24, 2.45) is 0 Å². The van der Waals surface area contributed by atoms with Gasteiger partial charge in [-0.1, -0.05) is 23.4 Å². The zero-order valence-electron chi connectivity index (χ0n) is 14.3. The molecule has 2 N–H and O–H groups in total. The minimum Gasteiger partial charge on any atom is -0.317 e. The van der Waals surface area contributed by atoms with Gasteiger partial charge in [0.05, 0.1) is 29.0 Å². The minimum absolute atomic E-state index is 0.132. The lowest BCUT2D eigenvalue weighted by Crippen LogP contribution is -2.26. The first-order valence-corrected chi connectivity index (χ1v) is 9.58. The van der Waals surface area contributed by atoms with Crippen molar-refractivity contribution in [1.82, 2.24) is 25.3 Å². The van der Waals surface area contributed by atoms with Gasteiger partial charge in [-0.25, -0.2) is 9.67 Å². The number of rotatable bonds is 5. The Balaban J connectivity index is 1.36. The van der Waals surface area contributed by atoms with Crippen LogP contribution in [0.2, 0.25) is 0 Å². The summed E-state index contributed by atoms with van der Waals surface area (Å²) in [5, 5.41) is 17.3. The number of benzene rings is 1. The maximum atomic E-state index is 12.3. The Hall–Kier alpha value is -2.58. The second kappa shape index (κ2) is 7.76. The molecule has 0 aliphatic carbocycles. The van der Waals surface area contributed by atoms with E-state index in [4.69, 9.17) is 0 Å². The van der Waals surface area contributed by atoms with Crippen molar-refractivity contribution in [1.29, 1.82) is 0 Å². The molecule has 0 atom stereocenters. The number of piperidine rings is 1. The molecule has 0 spiro atoms. The van der Waals surface area contributed by atoms with Crippen LogP contribution in [0.25, 0.3) is 5.69 Å². The molecule has 1 saturated heterocycles. The lowest BCUT2D eigenvalue weighted by molar-refractivity contribution is -0.115. The molecular formula is C18H20N6OS. The van der Waals surface area contributed by atoms with Crippen LogP contribution in [0.15, 0.2) is 41.9 Å². The number of hydrogen-bond acceptors (Lipinski definition) is 6. The number of nitrogens with zero attached hydrogens (tertiary/aromatic N) is 4. The molecule has 3 aromatic rings. The summed E-state index contributed by atoms with van der Waals surface area (Å²) >= 11 is 1.65. The van der Waals surface area contributed by atoms with Gasteiger partial charge < -0.3 is 10.6 Å². The minimum atomic E-state index is -0.132. The van der Waals surface area contributed by atoms with Crippen LogP contribution in [-0.2, 0) is 11.2 Å². The first-order valence-electron chi connectivity index (χ1n) is 8.70. The molecule has 1 aromatic carbocycles. The van der Waals surface area contributed by atoms with Gasteiger partial charge in [0.25, 0.3) is 0 Å². The molecule has 0 unspecified atom stereocenters. The molecule has 0 radical (unpaired) electrons. The number of amides is 1. The predicted molar refractivity (Wildman–Crippen MR) is 101 cm³/mol. The molecule has 4 rings (SSSR count). The van der Waals surface area contributed by atoms with Gasteiger partial charge in [-0.3, -0.25) is 4.79 Å². The largest absolute Gasteiger partial charge is 0.317 e. The maximum Gasteiger partial charge on any atom is 0.231 e. The Kier molecular flexibility index (Phi) is 5.03. The summed E-state index contributed by atoms with van der Waals surface area (Å²) in [6.45, 7) is 2.08.